The van der Waals surface area contributed by atoms with Gasteiger partial charge >= 0.3 is 0 Å². The van der Waals surface area contributed by atoms with Gasteiger partial charge in [-0.2, -0.15) is 5.26 Å². The Balaban J connectivity index is 1.90. The lowest BCUT2D eigenvalue weighted by Crippen LogP contribution is -2.03. The van der Waals surface area contributed by atoms with Crippen LogP contribution in [0.3, 0.4) is 0 Å². The fourth-order valence-corrected chi connectivity index (χ4v) is 2.20. The summed E-state index contributed by atoms with van der Waals surface area (Å²) in [5, 5.41) is 12.2. The molecule has 0 aliphatic carbocycles. The first-order valence-corrected chi connectivity index (χ1v) is 7.38. The van der Waals surface area contributed by atoms with E-state index in [-0.39, 0.29) is 0 Å². The molecule has 0 heterocycles. The van der Waals surface area contributed by atoms with E-state index in [0.717, 1.165) is 42.7 Å². The smallest absolute Gasteiger partial charge is 0.0991 e. The lowest BCUT2D eigenvalue weighted by atomic mass is 10.0. The molecule has 0 saturated carbocycles. The summed E-state index contributed by atoms with van der Waals surface area (Å²) in [5.41, 5.74) is 9.59. The van der Waals surface area contributed by atoms with Gasteiger partial charge in [-0.3, -0.25) is 0 Å². The van der Waals surface area contributed by atoms with Gasteiger partial charge in [0.2, 0.25) is 0 Å². The number of nitrogens with two attached hydrogens (primary N) is 1. The number of anilines is 1. The monoisotopic (exact) mass is 279 g/mol. The number of benzene rings is 2. The van der Waals surface area contributed by atoms with Crippen molar-refractivity contribution in [1.82, 2.24) is 0 Å². The van der Waals surface area contributed by atoms with Gasteiger partial charge < -0.3 is 11.1 Å². The quantitative estimate of drug-likeness (QED) is 0.758. The second-order valence-electron chi connectivity index (χ2n) is 5.04. The van der Waals surface area contributed by atoms with Gasteiger partial charge in [0.25, 0.3) is 0 Å². The van der Waals surface area contributed by atoms with Crippen molar-refractivity contribution in [2.24, 2.45) is 5.73 Å². The third-order valence-corrected chi connectivity index (χ3v) is 3.44. The molecule has 0 aliphatic heterocycles. The number of nitrogens with one attached hydrogen (secondary N) is 1. The van der Waals surface area contributed by atoms with Crippen molar-refractivity contribution in [3.05, 3.63) is 54.1 Å². The van der Waals surface area contributed by atoms with Crippen LogP contribution in [0, 0.1) is 11.3 Å². The predicted octanol–water partition coefficient (Wildman–Crippen LogP) is 3.77. The molecular weight excluding hydrogens is 258 g/mol. The van der Waals surface area contributed by atoms with Crippen LogP contribution >= 0.6 is 0 Å². The Bertz CT molecular complexity index is 579. The van der Waals surface area contributed by atoms with E-state index in [4.69, 9.17) is 11.0 Å². The Morgan fingerprint density at radius 1 is 0.857 bits per heavy atom. The van der Waals surface area contributed by atoms with Crippen molar-refractivity contribution in [2.45, 2.75) is 19.3 Å². The standard InChI is InChI=1S/C18H21N3/c19-12-2-1-3-13-21-18-10-8-17(9-11-18)16-6-4-15(14-20)5-7-16/h4-11,21H,1-3,12-13,19H2. The van der Waals surface area contributed by atoms with Crippen LogP contribution in [0.4, 0.5) is 5.69 Å². The second-order valence-corrected chi connectivity index (χ2v) is 5.04. The summed E-state index contributed by atoms with van der Waals surface area (Å²) in [5.74, 6) is 0. The highest BCUT2D eigenvalue weighted by Crippen LogP contribution is 2.21. The molecule has 0 radical (unpaired) electrons. The maximum atomic E-state index is 8.81. The van der Waals surface area contributed by atoms with Crippen molar-refractivity contribution in [1.29, 1.82) is 5.26 Å². The predicted molar refractivity (Wildman–Crippen MR) is 88.0 cm³/mol. The average Bonchev–Trinajstić information content (AvgIpc) is 2.55. The molecule has 0 saturated heterocycles. The molecule has 0 amide bonds. The van der Waals surface area contributed by atoms with Gasteiger partial charge in [0.1, 0.15) is 0 Å². The molecule has 2 rings (SSSR count). The minimum Gasteiger partial charge on any atom is -0.385 e. The normalized spacial score (nSPS) is 10.1. The lowest BCUT2D eigenvalue weighted by molar-refractivity contribution is 0.707. The molecule has 108 valence electrons. The van der Waals surface area contributed by atoms with Crippen LogP contribution in [-0.2, 0) is 0 Å². The Kier molecular flexibility index (Phi) is 5.81. The Morgan fingerprint density at radius 3 is 2.05 bits per heavy atom. The molecule has 2 aromatic carbocycles. The van der Waals surface area contributed by atoms with E-state index >= 15 is 0 Å². The highest BCUT2D eigenvalue weighted by atomic mass is 14.9. The Hall–Kier alpha value is -2.31. The van der Waals surface area contributed by atoms with Crippen LogP contribution in [-0.4, -0.2) is 13.1 Å². The van der Waals surface area contributed by atoms with Crippen LogP contribution in [0.15, 0.2) is 48.5 Å². The van der Waals surface area contributed by atoms with Gasteiger partial charge in [0, 0.05) is 12.2 Å². The summed E-state index contributed by atoms with van der Waals surface area (Å²) in [6.45, 7) is 1.76. The molecule has 0 fully saturated rings. The van der Waals surface area contributed by atoms with E-state index in [1.165, 1.54) is 6.42 Å². The molecule has 3 heteroatoms. The molecule has 2 aromatic rings. The first-order valence-electron chi connectivity index (χ1n) is 7.38. The molecule has 3 N–H and O–H groups in total. The first kappa shape index (κ1) is 15.1. The van der Waals surface area contributed by atoms with Crippen LogP contribution in [0.2, 0.25) is 0 Å². The van der Waals surface area contributed by atoms with Crippen LogP contribution < -0.4 is 11.1 Å². The minimum atomic E-state index is 0.689. The molecule has 0 atom stereocenters. The van der Waals surface area contributed by atoms with Crippen molar-refractivity contribution >= 4 is 5.69 Å². The van der Waals surface area contributed by atoms with Gasteiger partial charge in [-0.15, -0.1) is 0 Å². The van der Waals surface area contributed by atoms with Crippen molar-refractivity contribution in [2.75, 3.05) is 18.4 Å². The van der Waals surface area contributed by atoms with Gasteiger partial charge in [0.15, 0.2) is 0 Å². The zero-order valence-corrected chi connectivity index (χ0v) is 12.2. The number of rotatable bonds is 7. The van der Waals surface area contributed by atoms with Gasteiger partial charge in [0.05, 0.1) is 11.6 Å². The van der Waals surface area contributed by atoms with Crippen LogP contribution in [0.5, 0.6) is 0 Å². The summed E-state index contributed by atoms with van der Waals surface area (Å²) < 4.78 is 0. The number of nitriles is 1. The molecule has 21 heavy (non-hydrogen) atoms. The van der Waals surface area contributed by atoms with Crippen molar-refractivity contribution < 1.29 is 0 Å². The summed E-state index contributed by atoms with van der Waals surface area (Å²) >= 11 is 0. The zero-order valence-electron chi connectivity index (χ0n) is 12.2. The summed E-state index contributed by atoms with van der Waals surface area (Å²) in [4.78, 5) is 0. The van der Waals surface area contributed by atoms with E-state index in [1.807, 2.05) is 24.3 Å². The molecule has 0 unspecified atom stereocenters. The number of hydrogen-bond acceptors (Lipinski definition) is 3. The molecule has 0 aliphatic rings. The highest BCUT2D eigenvalue weighted by Gasteiger charge is 1.98. The third-order valence-electron chi connectivity index (χ3n) is 3.44. The van der Waals surface area contributed by atoms with E-state index in [9.17, 15) is 0 Å². The summed E-state index contributed by atoms with van der Waals surface area (Å²) in [7, 11) is 0. The largest absolute Gasteiger partial charge is 0.385 e. The van der Waals surface area contributed by atoms with E-state index in [0.29, 0.717) is 5.56 Å². The Morgan fingerprint density at radius 2 is 1.48 bits per heavy atom. The van der Waals surface area contributed by atoms with Crippen LogP contribution in [0.1, 0.15) is 24.8 Å². The summed E-state index contributed by atoms with van der Waals surface area (Å²) in [6, 6.07) is 18.2. The zero-order chi connectivity index (χ0) is 14.9. The maximum absolute atomic E-state index is 8.81. The number of nitrogens with zero attached hydrogens (tertiary/aromatic N) is 1. The van der Waals surface area contributed by atoms with Gasteiger partial charge in [-0.25, -0.2) is 0 Å². The lowest BCUT2D eigenvalue weighted by Gasteiger charge is -2.07. The van der Waals surface area contributed by atoms with E-state index < -0.39 is 0 Å². The minimum absolute atomic E-state index is 0.689. The maximum Gasteiger partial charge on any atom is 0.0991 e. The summed E-state index contributed by atoms with van der Waals surface area (Å²) in [6.07, 6.45) is 3.42. The molecule has 3 nitrogen and oxygen atoms in total. The topological polar surface area (TPSA) is 61.8 Å². The van der Waals surface area contributed by atoms with Crippen molar-refractivity contribution in [3.63, 3.8) is 0 Å². The fraction of sp³-hybridized carbons (Fsp3) is 0.278. The fourth-order valence-electron chi connectivity index (χ4n) is 2.20. The second kappa shape index (κ2) is 8.08. The van der Waals surface area contributed by atoms with E-state index in [1.54, 1.807) is 0 Å². The first-order chi connectivity index (χ1) is 10.3. The number of hydrogen-bond donors (Lipinski definition) is 2. The third kappa shape index (κ3) is 4.62. The Labute approximate surface area is 126 Å². The van der Waals surface area contributed by atoms with Gasteiger partial charge in [-0.05, 0) is 54.8 Å². The molecule has 0 aromatic heterocycles. The van der Waals surface area contributed by atoms with Gasteiger partial charge in [-0.1, -0.05) is 30.7 Å². The molecule has 0 bridgehead atoms. The SMILES string of the molecule is N#Cc1ccc(-c2ccc(NCCCCCN)cc2)cc1. The van der Waals surface area contributed by atoms with Crippen LogP contribution in [0.25, 0.3) is 11.1 Å². The van der Waals surface area contributed by atoms with Crippen molar-refractivity contribution in [3.8, 4) is 17.2 Å². The number of unbranched alkanes of at least 4 members (excludes halogenated alkanes) is 2. The average molecular weight is 279 g/mol. The molecule has 0 spiro atoms. The van der Waals surface area contributed by atoms with E-state index in [2.05, 4.69) is 35.7 Å². The highest BCUT2D eigenvalue weighted by molar-refractivity contribution is 5.66. The molecular formula is C18H21N3.